The highest BCUT2D eigenvalue weighted by Gasteiger charge is 2.34. The van der Waals surface area contributed by atoms with Crippen LogP contribution in [0.2, 0.25) is 0 Å². The fourth-order valence-corrected chi connectivity index (χ4v) is 3.29. The van der Waals surface area contributed by atoms with Crippen LogP contribution >= 0.6 is 0 Å². The zero-order chi connectivity index (χ0) is 21.6. The molecule has 30 heavy (non-hydrogen) atoms. The number of carbonyl (C=O) groups is 1. The number of methoxy groups -OCH3 is 2. The molecule has 0 fully saturated rings. The minimum absolute atomic E-state index is 0.200. The van der Waals surface area contributed by atoms with E-state index in [-0.39, 0.29) is 6.42 Å². The van der Waals surface area contributed by atoms with Crippen molar-refractivity contribution >= 4 is 11.7 Å². The lowest BCUT2D eigenvalue weighted by molar-refractivity contribution is -0.142. The third-order valence-corrected chi connectivity index (χ3v) is 4.91. The molecule has 0 radical (unpaired) electrons. The molecule has 3 aromatic rings. The first-order chi connectivity index (χ1) is 14.5. The summed E-state index contributed by atoms with van der Waals surface area (Å²) in [7, 11) is 3.12. The van der Waals surface area contributed by atoms with E-state index in [1.165, 1.54) is 0 Å². The first kappa shape index (κ1) is 21.1. The van der Waals surface area contributed by atoms with Crippen LogP contribution in [0.15, 0.2) is 83.9 Å². The van der Waals surface area contributed by atoms with Gasteiger partial charge >= 0.3 is 5.97 Å². The van der Waals surface area contributed by atoms with Crippen LogP contribution in [0.5, 0.6) is 11.5 Å². The van der Waals surface area contributed by atoms with E-state index in [0.29, 0.717) is 17.2 Å². The Morgan fingerprint density at radius 3 is 1.87 bits per heavy atom. The van der Waals surface area contributed by atoms with Crippen LogP contribution in [-0.4, -0.2) is 36.5 Å². The first-order valence-corrected chi connectivity index (χ1v) is 9.62. The molecule has 5 nitrogen and oxygen atoms in total. The molecule has 3 aromatic carbocycles. The number of hydrogen-bond acceptors (Lipinski definition) is 4. The largest absolute Gasteiger partial charge is 0.493 e. The smallest absolute Gasteiger partial charge is 0.331 e. The molecule has 0 saturated heterocycles. The van der Waals surface area contributed by atoms with Crippen LogP contribution in [0, 0.1) is 0 Å². The van der Waals surface area contributed by atoms with E-state index in [4.69, 9.17) is 14.5 Å². The van der Waals surface area contributed by atoms with Gasteiger partial charge in [-0.15, -0.1) is 0 Å². The number of aliphatic carboxylic acids is 1. The van der Waals surface area contributed by atoms with Gasteiger partial charge in [0.2, 0.25) is 0 Å². The summed E-state index contributed by atoms with van der Waals surface area (Å²) in [5.74, 6) is 0.149. The summed E-state index contributed by atoms with van der Waals surface area (Å²) in [6.07, 6.45) is 0.200. The maximum Gasteiger partial charge on any atom is 0.331 e. The minimum atomic E-state index is -1.37. The number of ether oxygens (including phenoxy) is 2. The van der Waals surface area contributed by atoms with Crippen molar-refractivity contribution in [2.75, 3.05) is 14.2 Å². The van der Waals surface area contributed by atoms with Crippen LogP contribution in [0.4, 0.5) is 0 Å². The van der Waals surface area contributed by atoms with Crippen LogP contribution < -0.4 is 9.47 Å². The normalized spacial score (nSPS) is 12.5. The lowest BCUT2D eigenvalue weighted by atomic mass is 9.91. The van der Waals surface area contributed by atoms with Crippen LogP contribution in [-0.2, 0) is 11.2 Å². The van der Waals surface area contributed by atoms with Gasteiger partial charge in [-0.05, 0) is 24.6 Å². The van der Waals surface area contributed by atoms with Gasteiger partial charge in [-0.3, -0.25) is 4.99 Å². The van der Waals surface area contributed by atoms with E-state index in [1.807, 2.05) is 66.7 Å². The average molecular weight is 403 g/mol. The van der Waals surface area contributed by atoms with Crippen molar-refractivity contribution in [3.63, 3.8) is 0 Å². The standard InChI is InChI=1S/C25H25NO4/c1-25(24(27)28,17-18-14-15-21(29-2)22(16-18)30-3)26-23(19-10-6-4-7-11-19)20-12-8-5-9-13-20/h4-16H,17H2,1-3H3,(H,27,28). The topological polar surface area (TPSA) is 68.1 Å². The fourth-order valence-electron chi connectivity index (χ4n) is 3.29. The Labute approximate surface area is 176 Å². The molecule has 1 unspecified atom stereocenters. The second kappa shape index (κ2) is 9.27. The van der Waals surface area contributed by atoms with Gasteiger partial charge in [0.1, 0.15) is 0 Å². The average Bonchev–Trinajstić information content (AvgIpc) is 2.78. The molecule has 1 N–H and O–H groups in total. The van der Waals surface area contributed by atoms with E-state index in [1.54, 1.807) is 33.3 Å². The van der Waals surface area contributed by atoms with Gasteiger partial charge in [0.05, 0.1) is 19.9 Å². The highest BCUT2D eigenvalue weighted by atomic mass is 16.5. The quantitative estimate of drug-likeness (QED) is 0.557. The summed E-state index contributed by atoms with van der Waals surface area (Å²) in [6, 6.07) is 24.7. The van der Waals surface area contributed by atoms with Crippen LogP contribution in [0.3, 0.4) is 0 Å². The minimum Gasteiger partial charge on any atom is -0.493 e. The molecule has 0 spiro atoms. The lowest BCUT2D eigenvalue weighted by Gasteiger charge is -2.23. The molecule has 3 rings (SSSR count). The number of carboxylic acids is 1. The maximum atomic E-state index is 12.3. The van der Waals surface area contributed by atoms with Crippen molar-refractivity contribution in [3.8, 4) is 11.5 Å². The van der Waals surface area contributed by atoms with E-state index in [0.717, 1.165) is 16.7 Å². The molecule has 1 atom stereocenters. The zero-order valence-corrected chi connectivity index (χ0v) is 17.3. The number of carboxylic acid groups (broad SMARTS) is 1. The van der Waals surface area contributed by atoms with Crippen molar-refractivity contribution in [1.29, 1.82) is 0 Å². The summed E-state index contributed by atoms with van der Waals surface area (Å²) < 4.78 is 10.6. The summed E-state index contributed by atoms with van der Waals surface area (Å²) >= 11 is 0. The Balaban J connectivity index is 2.08. The van der Waals surface area contributed by atoms with Crippen molar-refractivity contribution in [2.24, 2.45) is 4.99 Å². The molecule has 0 amide bonds. The van der Waals surface area contributed by atoms with Gasteiger partial charge in [-0.1, -0.05) is 66.7 Å². The summed E-state index contributed by atoms with van der Waals surface area (Å²) in [5.41, 5.74) is 1.79. The lowest BCUT2D eigenvalue weighted by Crippen LogP contribution is -2.37. The second-order valence-corrected chi connectivity index (χ2v) is 7.14. The van der Waals surface area contributed by atoms with Crippen LogP contribution in [0.25, 0.3) is 0 Å². The molecular formula is C25H25NO4. The Bertz CT molecular complexity index is 990. The predicted molar refractivity (Wildman–Crippen MR) is 118 cm³/mol. The molecule has 5 heteroatoms. The number of rotatable bonds is 8. The van der Waals surface area contributed by atoms with Gasteiger partial charge < -0.3 is 14.6 Å². The first-order valence-electron chi connectivity index (χ1n) is 9.62. The SMILES string of the molecule is COc1ccc(CC(C)(N=C(c2ccccc2)c2ccccc2)C(=O)O)cc1OC. The number of aliphatic imine (C=N–C) groups is 1. The monoisotopic (exact) mass is 403 g/mol. The highest BCUT2D eigenvalue weighted by Crippen LogP contribution is 2.30. The molecule has 0 aliphatic rings. The van der Waals surface area contributed by atoms with Gasteiger partial charge in [-0.2, -0.15) is 0 Å². The Kier molecular flexibility index (Phi) is 6.52. The van der Waals surface area contributed by atoms with Gasteiger partial charge in [0, 0.05) is 17.5 Å². The van der Waals surface area contributed by atoms with Crippen molar-refractivity contribution in [2.45, 2.75) is 18.9 Å². The van der Waals surface area contributed by atoms with Crippen molar-refractivity contribution < 1.29 is 19.4 Å². The molecule has 0 aliphatic carbocycles. The molecule has 0 saturated carbocycles. The number of hydrogen-bond donors (Lipinski definition) is 1. The zero-order valence-electron chi connectivity index (χ0n) is 17.3. The molecule has 0 aromatic heterocycles. The Morgan fingerprint density at radius 2 is 1.40 bits per heavy atom. The molecule has 0 bridgehead atoms. The Hall–Kier alpha value is -3.60. The summed E-state index contributed by atoms with van der Waals surface area (Å²) in [6.45, 7) is 1.64. The number of benzene rings is 3. The molecule has 0 heterocycles. The van der Waals surface area contributed by atoms with Gasteiger partial charge in [-0.25, -0.2) is 4.79 Å². The Morgan fingerprint density at radius 1 is 0.867 bits per heavy atom. The third kappa shape index (κ3) is 4.69. The molecule has 154 valence electrons. The van der Waals surface area contributed by atoms with Crippen molar-refractivity contribution in [3.05, 3.63) is 95.6 Å². The second-order valence-electron chi connectivity index (χ2n) is 7.14. The highest BCUT2D eigenvalue weighted by molar-refractivity contribution is 6.13. The summed E-state index contributed by atoms with van der Waals surface area (Å²) in [4.78, 5) is 17.1. The molecular weight excluding hydrogens is 378 g/mol. The van der Waals surface area contributed by atoms with E-state index < -0.39 is 11.5 Å². The molecule has 0 aliphatic heterocycles. The maximum absolute atomic E-state index is 12.3. The third-order valence-electron chi connectivity index (χ3n) is 4.91. The van der Waals surface area contributed by atoms with Gasteiger partial charge in [0.15, 0.2) is 17.0 Å². The van der Waals surface area contributed by atoms with Crippen LogP contribution in [0.1, 0.15) is 23.6 Å². The fraction of sp³-hybridized carbons (Fsp3) is 0.200. The number of nitrogens with zero attached hydrogens (tertiary/aromatic N) is 1. The van der Waals surface area contributed by atoms with E-state index in [9.17, 15) is 9.90 Å². The van der Waals surface area contributed by atoms with Crippen molar-refractivity contribution in [1.82, 2.24) is 0 Å². The van der Waals surface area contributed by atoms with E-state index >= 15 is 0 Å². The predicted octanol–water partition coefficient (Wildman–Crippen LogP) is 4.63. The van der Waals surface area contributed by atoms with Gasteiger partial charge in [0.25, 0.3) is 0 Å². The van der Waals surface area contributed by atoms with E-state index in [2.05, 4.69) is 0 Å². The summed E-state index contributed by atoms with van der Waals surface area (Å²) in [5, 5.41) is 10.1.